The second kappa shape index (κ2) is 6.37. The molecule has 1 aliphatic heterocycles. The zero-order valence-electron chi connectivity index (χ0n) is 10.2. The monoisotopic (exact) mass is 250 g/mol. The number of carbonyl (C=O) groups excluding carboxylic acids is 1. The van der Waals surface area contributed by atoms with Gasteiger partial charge in [-0.25, -0.2) is 0 Å². The van der Waals surface area contributed by atoms with Gasteiger partial charge in [-0.15, -0.1) is 0 Å². The smallest absolute Gasteiger partial charge is 0.224 e. The van der Waals surface area contributed by atoms with Gasteiger partial charge in [0.25, 0.3) is 0 Å². The Morgan fingerprint density at radius 3 is 2.78 bits per heavy atom. The molecule has 0 aliphatic carbocycles. The predicted octanol–water partition coefficient (Wildman–Crippen LogP) is 0.343. The first-order chi connectivity index (χ1) is 8.74. The van der Waals surface area contributed by atoms with Gasteiger partial charge in [0, 0.05) is 12.2 Å². The Kier molecular flexibility index (Phi) is 4.55. The van der Waals surface area contributed by atoms with Crippen LogP contribution in [0.1, 0.15) is 5.56 Å². The zero-order chi connectivity index (χ0) is 12.8. The molecule has 98 valence electrons. The molecule has 1 saturated heterocycles. The summed E-state index contributed by atoms with van der Waals surface area (Å²) in [6.45, 7) is 2.27. The first kappa shape index (κ1) is 12.9. The van der Waals surface area contributed by atoms with E-state index in [9.17, 15) is 4.79 Å². The summed E-state index contributed by atoms with van der Waals surface area (Å²) in [4.78, 5) is 11.7. The number of nitrogens with one attached hydrogen (secondary N) is 1. The fraction of sp³-hybridized carbons (Fsp3) is 0.462. The van der Waals surface area contributed by atoms with Gasteiger partial charge in [0.15, 0.2) is 0 Å². The number of hydrogen-bond acceptors (Lipinski definition) is 4. The minimum absolute atomic E-state index is 0.0195. The molecule has 0 aromatic heterocycles. The van der Waals surface area contributed by atoms with Gasteiger partial charge in [0.2, 0.25) is 5.91 Å². The van der Waals surface area contributed by atoms with Crippen molar-refractivity contribution in [2.45, 2.75) is 12.5 Å². The maximum Gasteiger partial charge on any atom is 0.224 e. The van der Waals surface area contributed by atoms with Crippen LogP contribution in [-0.4, -0.2) is 38.4 Å². The first-order valence-electron chi connectivity index (χ1n) is 6.04. The molecule has 18 heavy (non-hydrogen) atoms. The Morgan fingerprint density at radius 1 is 1.33 bits per heavy atom. The second-order valence-corrected chi connectivity index (χ2v) is 4.29. The Bertz CT molecular complexity index is 386. The normalized spacial score (nSPS) is 19.4. The molecule has 1 unspecified atom stereocenters. The van der Waals surface area contributed by atoms with E-state index in [1.165, 1.54) is 0 Å². The van der Waals surface area contributed by atoms with Crippen molar-refractivity contribution in [1.82, 2.24) is 5.32 Å². The number of amides is 1. The van der Waals surface area contributed by atoms with Crippen LogP contribution in [0.4, 0.5) is 5.69 Å². The second-order valence-electron chi connectivity index (χ2n) is 4.29. The highest BCUT2D eigenvalue weighted by molar-refractivity contribution is 5.78. The van der Waals surface area contributed by atoms with Crippen molar-refractivity contribution in [2.24, 2.45) is 0 Å². The lowest BCUT2D eigenvalue weighted by Crippen LogP contribution is -2.40. The maximum absolute atomic E-state index is 11.7. The summed E-state index contributed by atoms with van der Waals surface area (Å²) >= 11 is 0. The molecule has 1 aliphatic rings. The molecule has 1 fully saturated rings. The third-order valence-corrected chi connectivity index (χ3v) is 2.76. The number of benzene rings is 1. The molecule has 1 aromatic rings. The summed E-state index contributed by atoms with van der Waals surface area (Å²) in [5.74, 6) is -0.0195. The van der Waals surface area contributed by atoms with E-state index in [4.69, 9.17) is 15.2 Å². The van der Waals surface area contributed by atoms with Crippen molar-refractivity contribution in [2.75, 3.05) is 32.1 Å². The van der Waals surface area contributed by atoms with Crippen LogP contribution >= 0.6 is 0 Å². The molecule has 3 N–H and O–H groups in total. The average molecular weight is 250 g/mol. The molecule has 5 heteroatoms. The molecule has 1 heterocycles. The van der Waals surface area contributed by atoms with E-state index < -0.39 is 0 Å². The van der Waals surface area contributed by atoms with Crippen LogP contribution in [0.2, 0.25) is 0 Å². The van der Waals surface area contributed by atoms with E-state index in [0.717, 1.165) is 5.56 Å². The highest BCUT2D eigenvalue weighted by Crippen LogP contribution is 2.06. The Labute approximate surface area is 106 Å². The highest BCUT2D eigenvalue weighted by atomic mass is 16.6. The van der Waals surface area contributed by atoms with Crippen molar-refractivity contribution in [3.8, 4) is 0 Å². The fourth-order valence-corrected chi connectivity index (χ4v) is 1.77. The van der Waals surface area contributed by atoms with Crippen molar-refractivity contribution in [1.29, 1.82) is 0 Å². The van der Waals surface area contributed by atoms with Gasteiger partial charge in [0.1, 0.15) is 0 Å². The molecule has 0 bridgehead atoms. The zero-order valence-corrected chi connectivity index (χ0v) is 10.2. The van der Waals surface area contributed by atoms with E-state index >= 15 is 0 Å². The maximum atomic E-state index is 11.7. The van der Waals surface area contributed by atoms with Gasteiger partial charge in [-0.3, -0.25) is 4.79 Å². The summed E-state index contributed by atoms with van der Waals surface area (Å²) in [5, 5.41) is 2.84. The van der Waals surface area contributed by atoms with Gasteiger partial charge in [-0.1, -0.05) is 12.1 Å². The van der Waals surface area contributed by atoms with E-state index in [-0.39, 0.29) is 12.0 Å². The van der Waals surface area contributed by atoms with Gasteiger partial charge >= 0.3 is 0 Å². The third-order valence-electron chi connectivity index (χ3n) is 2.76. The van der Waals surface area contributed by atoms with Gasteiger partial charge in [0.05, 0.1) is 32.3 Å². The molecule has 5 nitrogen and oxygen atoms in total. The minimum Gasteiger partial charge on any atom is -0.399 e. The number of carbonyl (C=O) groups is 1. The third kappa shape index (κ3) is 4.01. The molecule has 0 spiro atoms. The summed E-state index contributed by atoms with van der Waals surface area (Å²) < 4.78 is 10.7. The number of ether oxygens (including phenoxy) is 2. The van der Waals surface area contributed by atoms with Crippen molar-refractivity contribution < 1.29 is 14.3 Å². The van der Waals surface area contributed by atoms with Crippen LogP contribution in [0.15, 0.2) is 24.3 Å². The number of nitrogens with two attached hydrogens (primary N) is 1. The fourth-order valence-electron chi connectivity index (χ4n) is 1.77. The molecule has 0 saturated carbocycles. The Morgan fingerprint density at radius 2 is 2.11 bits per heavy atom. The summed E-state index contributed by atoms with van der Waals surface area (Å²) in [6.07, 6.45) is 0.322. The van der Waals surface area contributed by atoms with E-state index in [2.05, 4.69) is 5.32 Å². The summed E-state index contributed by atoms with van der Waals surface area (Å²) in [5.41, 5.74) is 7.23. The predicted molar refractivity (Wildman–Crippen MR) is 68.1 cm³/mol. The Hall–Kier alpha value is -1.59. The Balaban J connectivity index is 1.73. The van der Waals surface area contributed by atoms with Crippen molar-refractivity contribution in [3.63, 3.8) is 0 Å². The molecular weight excluding hydrogens is 232 g/mol. The van der Waals surface area contributed by atoms with E-state index in [0.29, 0.717) is 38.5 Å². The average Bonchev–Trinajstić information content (AvgIpc) is 2.40. The van der Waals surface area contributed by atoms with Crippen LogP contribution in [0.3, 0.4) is 0 Å². The van der Waals surface area contributed by atoms with E-state index in [1.54, 1.807) is 12.1 Å². The van der Waals surface area contributed by atoms with Crippen molar-refractivity contribution >= 4 is 11.6 Å². The van der Waals surface area contributed by atoms with Gasteiger partial charge in [-0.05, 0) is 17.7 Å². The van der Waals surface area contributed by atoms with E-state index in [1.807, 2.05) is 12.1 Å². The van der Waals surface area contributed by atoms with Gasteiger partial charge in [-0.2, -0.15) is 0 Å². The first-order valence-corrected chi connectivity index (χ1v) is 6.04. The SMILES string of the molecule is Nc1ccc(CC(=O)NCC2COCCO2)cc1. The molecule has 1 amide bonds. The van der Waals surface area contributed by atoms with Crippen LogP contribution in [0.25, 0.3) is 0 Å². The van der Waals surface area contributed by atoms with Gasteiger partial charge < -0.3 is 20.5 Å². The van der Waals surface area contributed by atoms with Crippen molar-refractivity contribution in [3.05, 3.63) is 29.8 Å². The summed E-state index contributed by atoms with van der Waals surface area (Å²) in [7, 11) is 0. The topological polar surface area (TPSA) is 73.6 Å². The lowest BCUT2D eigenvalue weighted by Gasteiger charge is -2.23. The number of hydrogen-bond donors (Lipinski definition) is 2. The largest absolute Gasteiger partial charge is 0.399 e. The minimum atomic E-state index is -0.0332. The van der Waals surface area contributed by atoms with Crippen LogP contribution in [0, 0.1) is 0 Å². The lowest BCUT2D eigenvalue weighted by atomic mass is 10.1. The number of nitrogen functional groups attached to an aromatic ring is 1. The standard InChI is InChI=1S/C13H18N2O3/c14-11-3-1-10(2-4-11)7-13(16)15-8-12-9-17-5-6-18-12/h1-4,12H,5-9,14H2,(H,15,16). The summed E-state index contributed by atoms with van der Waals surface area (Å²) in [6, 6.07) is 7.30. The molecular formula is C13H18N2O3. The molecule has 0 radical (unpaired) electrons. The molecule has 2 rings (SSSR count). The molecule has 1 atom stereocenters. The number of anilines is 1. The lowest BCUT2D eigenvalue weighted by molar-refractivity contribution is -0.123. The number of rotatable bonds is 4. The quantitative estimate of drug-likeness (QED) is 0.756. The van der Waals surface area contributed by atoms with Crippen LogP contribution in [0.5, 0.6) is 0 Å². The molecule has 1 aromatic carbocycles. The van der Waals surface area contributed by atoms with Crippen LogP contribution in [-0.2, 0) is 20.7 Å². The van der Waals surface area contributed by atoms with Crippen LogP contribution < -0.4 is 11.1 Å². The highest BCUT2D eigenvalue weighted by Gasteiger charge is 2.15.